The van der Waals surface area contributed by atoms with Gasteiger partial charge in [-0.3, -0.25) is 10.1 Å². The third kappa shape index (κ3) is 5.48. The van der Waals surface area contributed by atoms with Crippen LogP contribution in [0.15, 0.2) is 116 Å². The van der Waals surface area contributed by atoms with Crippen molar-refractivity contribution in [1.29, 1.82) is 0 Å². The number of halogens is 1. The first-order valence-electron chi connectivity index (χ1n) is 13.5. The zero-order valence-electron chi connectivity index (χ0n) is 22.7. The third-order valence-corrected chi connectivity index (χ3v) is 7.09. The Bertz CT molecular complexity index is 1900. The molecule has 0 saturated heterocycles. The number of aromatic nitrogens is 5. The molecule has 7 heteroatoms. The van der Waals surface area contributed by atoms with Crippen LogP contribution in [0.1, 0.15) is 18.1 Å². The van der Waals surface area contributed by atoms with E-state index in [1.165, 1.54) is 17.7 Å². The van der Waals surface area contributed by atoms with Crippen molar-refractivity contribution in [2.24, 2.45) is 0 Å². The second-order valence-electron chi connectivity index (χ2n) is 9.76. The summed E-state index contributed by atoms with van der Waals surface area (Å²) >= 11 is 0. The van der Waals surface area contributed by atoms with Gasteiger partial charge in [0.1, 0.15) is 11.5 Å². The van der Waals surface area contributed by atoms with Crippen LogP contribution in [-0.4, -0.2) is 31.7 Å². The molecule has 6 aromatic rings. The summed E-state index contributed by atoms with van der Waals surface area (Å²) in [7, 11) is 0. The number of nitrogens with one attached hydrogen (secondary N) is 3. The van der Waals surface area contributed by atoms with Crippen LogP contribution in [0.25, 0.3) is 50.2 Å². The summed E-state index contributed by atoms with van der Waals surface area (Å²) in [6.45, 7) is 7.56. The van der Waals surface area contributed by atoms with E-state index in [1.54, 1.807) is 24.5 Å². The lowest BCUT2D eigenvalue weighted by atomic mass is 10.00. The lowest BCUT2D eigenvalue weighted by Gasteiger charge is -2.09. The predicted octanol–water partition coefficient (Wildman–Crippen LogP) is 7.61. The average Bonchev–Trinajstić information content (AvgIpc) is 3.64. The summed E-state index contributed by atoms with van der Waals surface area (Å²) in [5.74, 6) is 0.351. The summed E-state index contributed by atoms with van der Waals surface area (Å²) in [4.78, 5) is 12.6. The van der Waals surface area contributed by atoms with Crippen molar-refractivity contribution in [2.75, 3.05) is 6.54 Å². The van der Waals surface area contributed by atoms with Gasteiger partial charge in [-0.25, -0.2) is 9.37 Å². The Kier molecular flexibility index (Phi) is 7.34. The SMILES string of the molecule is C=C/C(=C\C(=C/C)c1ccc2[nH]nc(-c3nc4c(-c5ccc(F)cc5)cncc4[nH]3)c2c1)CNCc1ccccc1. The summed E-state index contributed by atoms with van der Waals surface area (Å²) in [6.07, 6.45) is 9.64. The highest BCUT2D eigenvalue weighted by Crippen LogP contribution is 2.32. The maximum atomic E-state index is 13.5. The molecule has 0 unspecified atom stereocenters. The largest absolute Gasteiger partial charge is 0.335 e. The lowest BCUT2D eigenvalue weighted by Crippen LogP contribution is -2.15. The minimum absolute atomic E-state index is 0.283. The van der Waals surface area contributed by atoms with Crippen LogP contribution in [0.3, 0.4) is 0 Å². The molecule has 202 valence electrons. The molecule has 0 amide bonds. The molecular weight excluding hydrogens is 511 g/mol. The Balaban J connectivity index is 1.30. The molecule has 3 aromatic carbocycles. The second kappa shape index (κ2) is 11.5. The van der Waals surface area contributed by atoms with Gasteiger partial charge in [-0.2, -0.15) is 5.10 Å². The van der Waals surface area contributed by atoms with Crippen molar-refractivity contribution in [3.63, 3.8) is 0 Å². The minimum atomic E-state index is -0.283. The van der Waals surface area contributed by atoms with Crippen LogP contribution in [0.4, 0.5) is 4.39 Å². The van der Waals surface area contributed by atoms with Crippen LogP contribution < -0.4 is 5.32 Å². The van der Waals surface area contributed by atoms with E-state index in [9.17, 15) is 4.39 Å². The van der Waals surface area contributed by atoms with E-state index in [4.69, 9.17) is 4.98 Å². The lowest BCUT2D eigenvalue weighted by molar-refractivity contribution is 0.628. The van der Waals surface area contributed by atoms with Crippen molar-refractivity contribution >= 4 is 27.5 Å². The number of H-pyrrole nitrogens is 2. The van der Waals surface area contributed by atoms with Crippen LogP contribution in [-0.2, 0) is 6.54 Å². The Hall–Kier alpha value is -5.14. The van der Waals surface area contributed by atoms with E-state index in [-0.39, 0.29) is 5.82 Å². The molecule has 0 saturated carbocycles. The fraction of sp³-hybridized carbons (Fsp3) is 0.0882. The fourth-order valence-corrected chi connectivity index (χ4v) is 4.92. The number of aromatic amines is 2. The monoisotopic (exact) mass is 540 g/mol. The Morgan fingerprint density at radius 2 is 1.83 bits per heavy atom. The van der Waals surface area contributed by atoms with E-state index in [1.807, 2.05) is 37.3 Å². The van der Waals surface area contributed by atoms with Gasteiger partial charge < -0.3 is 10.3 Å². The van der Waals surface area contributed by atoms with E-state index >= 15 is 0 Å². The molecule has 0 aliphatic rings. The Morgan fingerprint density at radius 1 is 1.00 bits per heavy atom. The summed E-state index contributed by atoms with van der Waals surface area (Å²) in [5.41, 5.74) is 9.32. The number of hydrogen-bond acceptors (Lipinski definition) is 4. The molecule has 6 nitrogen and oxygen atoms in total. The zero-order chi connectivity index (χ0) is 28.2. The molecule has 41 heavy (non-hydrogen) atoms. The first kappa shape index (κ1) is 26.1. The van der Waals surface area contributed by atoms with Gasteiger partial charge in [0.25, 0.3) is 0 Å². The molecule has 0 spiro atoms. The number of imidazole rings is 1. The standard InChI is InChI=1S/C34H29FN6/c1-3-22(18-36-19-23-8-6-5-7-9-23)16-24(4-2)26-12-15-30-28(17-26)33(41-40-30)34-38-31-21-37-20-29(32(31)39-34)25-10-13-27(35)14-11-25/h3-17,20-21,36H,1,18-19H2,2H3,(H,38,39)(H,40,41)/b22-16+,24-4+. The molecule has 0 bridgehead atoms. The van der Waals surface area contributed by atoms with E-state index in [0.717, 1.165) is 62.0 Å². The quantitative estimate of drug-likeness (QED) is 0.165. The van der Waals surface area contributed by atoms with Crippen molar-refractivity contribution in [3.05, 3.63) is 133 Å². The van der Waals surface area contributed by atoms with E-state index in [2.05, 4.69) is 68.5 Å². The molecular formula is C34H29FN6. The number of hydrogen-bond donors (Lipinski definition) is 3. The van der Waals surface area contributed by atoms with Crippen LogP contribution in [0.5, 0.6) is 0 Å². The maximum absolute atomic E-state index is 13.5. The molecule has 0 atom stereocenters. The van der Waals surface area contributed by atoms with Gasteiger partial charge in [0.05, 0.1) is 22.7 Å². The summed E-state index contributed by atoms with van der Waals surface area (Å²) in [5, 5.41) is 12.2. The van der Waals surface area contributed by atoms with Crippen molar-refractivity contribution in [2.45, 2.75) is 13.5 Å². The number of pyridine rings is 1. The molecule has 3 N–H and O–H groups in total. The number of rotatable bonds is 9. The van der Waals surface area contributed by atoms with Gasteiger partial charge in [0.2, 0.25) is 0 Å². The van der Waals surface area contributed by atoms with Gasteiger partial charge >= 0.3 is 0 Å². The van der Waals surface area contributed by atoms with Crippen molar-refractivity contribution in [1.82, 2.24) is 30.5 Å². The highest BCUT2D eigenvalue weighted by molar-refractivity contribution is 5.98. The molecule has 0 fully saturated rings. The number of benzene rings is 3. The molecule has 6 rings (SSSR count). The Morgan fingerprint density at radius 3 is 2.61 bits per heavy atom. The van der Waals surface area contributed by atoms with Crippen LogP contribution in [0.2, 0.25) is 0 Å². The molecule has 0 aliphatic heterocycles. The maximum Gasteiger partial charge on any atom is 0.159 e. The third-order valence-electron chi connectivity index (χ3n) is 7.09. The Labute approximate surface area is 237 Å². The predicted molar refractivity (Wildman–Crippen MR) is 164 cm³/mol. The van der Waals surface area contributed by atoms with Gasteiger partial charge in [-0.15, -0.1) is 0 Å². The van der Waals surface area contributed by atoms with Gasteiger partial charge in [-0.05, 0) is 59.0 Å². The van der Waals surface area contributed by atoms with Gasteiger partial charge in [0, 0.05) is 30.2 Å². The van der Waals surface area contributed by atoms with Crippen LogP contribution in [0, 0.1) is 5.82 Å². The zero-order valence-corrected chi connectivity index (χ0v) is 22.7. The number of allylic oxidation sites excluding steroid dienone is 3. The molecule has 3 aromatic heterocycles. The first-order chi connectivity index (χ1) is 20.1. The van der Waals surface area contributed by atoms with Crippen molar-refractivity contribution in [3.8, 4) is 22.6 Å². The first-order valence-corrected chi connectivity index (χ1v) is 13.5. The fourth-order valence-electron chi connectivity index (χ4n) is 4.92. The van der Waals surface area contributed by atoms with E-state index < -0.39 is 0 Å². The van der Waals surface area contributed by atoms with Crippen molar-refractivity contribution < 1.29 is 4.39 Å². The number of nitrogens with zero attached hydrogens (tertiary/aromatic N) is 3. The number of fused-ring (bicyclic) bond motifs is 2. The minimum Gasteiger partial charge on any atom is -0.335 e. The highest BCUT2D eigenvalue weighted by Gasteiger charge is 2.16. The van der Waals surface area contributed by atoms with Gasteiger partial charge in [0.15, 0.2) is 5.82 Å². The molecule has 3 heterocycles. The smallest absolute Gasteiger partial charge is 0.159 e. The topological polar surface area (TPSA) is 82.3 Å². The van der Waals surface area contributed by atoms with E-state index in [0.29, 0.717) is 12.4 Å². The summed E-state index contributed by atoms with van der Waals surface area (Å²) < 4.78 is 13.5. The normalized spacial score (nSPS) is 12.3. The summed E-state index contributed by atoms with van der Waals surface area (Å²) in [6, 6.07) is 22.9. The molecule has 0 radical (unpaired) electrons. The van der Waals surface area contributed by atoms with Gasteiger partial charge in [-0.1, -0.05) is 73.3 Å². The molecule has 0 aliphatic carbocycles. The highest BCUT2D eigenvalue weighted by atomic mass is 19.1. The van der Waals surface area contributed by atoms with Crippen LogP contribution >= 0.6 is 0 Å². The average molecular weight is 541 g/mol. The second-order valence-corrected chi connectivity index (χ2v) is 9.76.